The Bertz CT molecular complexity index is 417. The van der Waals surface area contributed by atoms with Crippen molar-refractivity contribution in [3.63, 3.8) is 0 Å². The molecule has 6 nitrogen and oxygen atoms in total. The molecule has 0 aliphatic rings. The van der Waals surface area contributed by atoms with Gasteiger partial charge in [-0.25, -0.2) is 5.84 Å². The monoisotopic (exact) mass is 266 g/mol. The van der Waals surface area contributed by atoms with Crippen LogP contribution >= 0.6 is 0 Å². The first-order valence-electron chi connectivity index (χ1n) is 5.98. The van der Waals surface area contributed by atoms with E-state index in [1.165, 1.54) is 0 Å². The van der Waals surface area contributed by atoms with Gasteiger partial charge in [-0.3, -0.25) is 4.79 Å². The first-order valence-corrected chi connectivity index (χ1v) is 5.98. The fraction of sp³-hybridized carbons (Fsp3) is 0.385. The lowest BCUT2D eigenvalue weighted by molar-refractivity contribution is -0.151. The van der Waals surface area contributed by atoms with Crippen LogP contribution in [0.1, 0.15) is 25.3 Å². The zero-order valence-electron chi connectivity index (χ0n) is 10.8. The van der Waals surface area contributed by atoms with Crippen LogP contribution in [0, 0.1) is 0 Å². The Kier molecular flexibility index (Phi) is 6.56. The molecule has 19 heavy (non-hydrogen) atoms. The molecule has 0 saturated heterocycles. The molecule has 104 valence electrons. The third-order valence-corrected chi connectivity index (χ3v) is 2.44. The van der Waals surface area contributed by atoms with Gasteiger partial charge in [0.25, 0.3) is 0 Å². The fourth-order valence-corrected chi connectivity index (χ4v) is 1.44. The Morgan fingerprint density at radius 1 is 1.21 bits per heavy atom. The van der Waals surface area contributed by atoms with Gasteiger partial charge >= 0.3 is 5.97 Å². The SMILES string of the molecule is CC(=O)CCc1ccc(OCCC(=O)ONN)cc1. The summed E-state index contributed by atoms with van der Waals surface area (Å²) in [5, 5.41) is 0. The van der Waals surface area contributed by atoms with Crippen molar-refractivity contribution in [3.8, 4) is 5.75 Å². The average molecular weight is 266 g/mol. The molecule has 0 amide bonds. The number of carbonyl (C=O) groups is 2. The van der Waals surface area contributed by atoms with Crippen molar-refractivity contribution in [3.05, 3.63) is 29.8 Å². The van der Waals surface area contributed by atoms with Crippen LogP contribution in [0.4, 0.5) is 0 Å². The van der Waals surface area contributed by atoms with Gasteiger partial charge in [0.15, 0.2) is 0 Å². The van der Waals surface area contributed by atoms with Gasteiger partial charge in [0.05, 0.1) is 13.0 Å². The number of benzene rings is 1. The highest BCUT2D eigenvalue weighted by molar-refractivity contribution is 5.75. The van der Waals surface area contributed by atoms with Crippen LogP contribution in [0.5, 0.6) is 5.75 Å². The van der Waals surface area contributed by atoms with Gasteiger partial charge in [-0.15, -0.1) is 0 Å². The summed E-state index contributed by atoms with van der Waals surface area (Å²) in [5.74, 6) is 5.18. The molecule has 1 rings (SSSR count). The van der Waals surface area contributed by atoms with Crippen molar-refractivity contribution >= 4 is 11.8 Å². The molecular weight excluding hydrogens is 248 g/mol. The molecule has 3 N–H and O–H groups in total. The molecule has 0 radical (unpaired) electrons. The number of hydrazine groups is 1. The molecule has 0 aliphatic carbocycles. The normalized spacial score (nSPS) is 10.0. The summed E-state index contributed by atoms with van der Waals surface area (Å²) < 4.78 is 5.37. The second-order valence-corrected chi connectivity index (χ2v) is 4.04. The standard InChI is InChI=1S/C13H18N2O4/c1-10(16)2-3-11-4-6-12(7-5-11)18-9-8-13(17)19-15-14/h4-7,15H,2-3,8-9,14H2,1H3. The third-order valence-electron chi connectivity index (χ3n) is 2.44. The molecule has 0 fully saturated rings. The van der Waals surface area contributed by atoms with Crippen LogP contribution in [-0.4, -0.2) is 18.4 Å². The highest BCUT2D eigenvalue weighted by Gasteiger charge is 2.03. The summed E-state index contributed by atoms with van der Waals surface area (Å²) in [6.45, 7) is 1.79. The van der Waals surface area contributed by atoms with E-state index in [1.54, 1.807) is 6.92 Å². The van der Waals surface area contributed by atoms with Crippen LogP contribution in [-0.2, 0) is 20.8 Å². The summed E-state index contributed by atoms with van der Waals surface area (Å²) in [5.41, 5.74) is 2.89. The number of ketones is 1. The molecule has 1 aromatic rings. The maximum absolute atomic E-state index is 11.0. The van der Waals surface area contributed by atoms with E-state index in [0.717, 1.165) is 12.0 Å². The number of hydrogen-bond donors (Lipinski definition) is 2. The smallest absolute Gasteiger partial charge is 0.329 e. The molecule has 0 unspecified atom stereocenters. The Balaban J connectivity index is 2.31. The summed E-state index contributed by atoms with van der Waals surface area (Å²) in [7, 11) is 0. The number of carbonyl (C=O) groups excluding carboxylic acids is 2. The molecule has 6 heteroatoms. The predicted octanol–water partition coefficient (Wildman–Crippen LogP) is 0.899. The summed E-state index contributed by atoms with van der Waals surface area (Å²) in [4.78, 5) is 26.1. The van der Waals surface area contributed by atoms with E-state index in [1.807, 2.05) is 29.9 Å². The minimum absolute atomic E-state index is 0.107. The van der Waals surface area contributed by atoms with Gasteiger partial charge in [0, 0.05) is 6.42 Å². The van der Waals surface area contributed by atoms with Crippen LogP contribution in [0.2, 0.25) is 0 Å². The van der Waals surface area contributed by atoms with E-state index in [2.05, 4.69) is 4.84 Å². The van der Waals surface area contributed by atoms with Crippen LogP contribution in [0.25, 0.3) is 0 Å². The summed E-state index contributed by atoms with van der Waals surface area (Å²) >= 11 is 0. The number of Topliss-reactive ketones (excluding diaryl/α,β-unsaturated/α-hetero) is 1. The molecule has 1 aromatic carbocycles. The lowest BCUT2D eigenvalue weighted by Gasteiger charge is -2.06. The Hall–Kier alpha value is -1.92. The number of aryl methyl sites for hydroxylation is 1. The van der Waals surface area contributed by atoms with Gasteiger partial charge in [0.1, 0.15) is 11.5 Å². The van der Waals surface area contributed by atoms with Gasteiger partial charge < -0.3 is 14.4 Å². The highest BCUT2D eigenvalue weighted by Crippen LogP contribution is 2.13. The van der Waals surface area contributed by atoms with Gasteiger partial charge in [-0.1, -0.05) is 17.7 Å². The van der Waals surface area contributed by atoms with E-state index in [4.69, 9.17) is 10.6 Å². The van der Waals surface area contributed by atoms with Gasteiger partial charge in [-0.2, -0.15) is 0 Å². The van der Waals surface area contributed by atoms with Crippen molar-refractivity contribution in [2.45, 2.75) is 26.2 Å². The molecule has 0 heterocycles. The van der Waals surface area contributed by atoms with Gasteiger partial charge in [0.2, 0.25) is 0 Å². The number of nitrogens with two attached hydrogens (primary N) is 1. The minimum atomic E-state index is -0.486. The first-order chi connectivity index (χ1) is 9.11. The molecule has 0 spiro atoms. The molecule has 0 saturated carbocycles. The number of hydrogen-bond acceptors (Lipinski definition) is 6. The van der Waals surface area contributed by atoms with Crippen LogP contribution < -0.4 is 16.2 Å². The Morgan fingerprint density at radius 2 is 1.89 bits per heavy atom. The lowest BCUT2D eigenvalue weighted by Crippen LogP contribution is -2.26. The third kappa shape index (κ3) is 6.54. The average Bonchev–Trinajstić information content (AvgIpc) is 2.38. The quantitative estimate of drug-likeness (QED) is 0.536. The topological polar surface area (TPSA) is 90.7 Å². The molecule has 0 aromatic heterocycles. The van der Waals surface area contributed by atoms with Crippen molar-refractivity contribution in [1.82, 2.24) is 5.59 Å². The second-order valence-electron chi connectivity index (χ2n) is 4.04. The first kappa shape index (κ1) is 15.1. The maximum Gasteiger partial charge on any atom is 0.329 e. The van der Waals surface area contributed by atoms with E-state index in [0.29, 0.717) is 12.2 Å². The van der Waals surface area contributed by atoms with Crippen LogP contribution in [0.15, 0.2) is 24.3 Å². The zero-order chi connectivity index (χ0) is 14.1. The maximum atomic E-state index is 11.0. The van der Waals surface area contributed by atoms with Crippen LogP contribution in [0.3, 0.4) is 0 Å². The van der Waals surface area contributed by atoms with E-state index in [9.17, 15) is 9.59 Å². The number of nitrogens with one attached hydrogen (secondary N) is 1. The number of ether oxygens (including phenoxy) is 1. The Morgan fingerprint density at radius 3 is 2.47 bits per heavy atom. The molecule has 0 atom stereocenters. The molecule has 0 bridgehead atoms. The summed E-state index contributed by atoms with van der Waals surface area (Å²) in [6.07, 6.45) is 1.37. The minimum Gasteiger partial charge on any atom is -0.493 e. The van der Waals surface area contributed by atoms with E-state index < -0.39 is 5.97 Å². The largest absolute Gasteiger partial charge is 0.493 e. The predicted molar refractivity (Wildman–Crippen MR) is 69.0 cm³/mol. The van der Waals surface area contributed by atoms with Crippen molar-refractivity contribution in [1.29, 1.82) is 0 Å². The second kappa shape index (κ2) is 8.23. The van der Waals surface area contributed by atoms with Crippen molar-refractivity contribution in [2.24, 2.45) is 5.84 Å². The van der Waals surface area contributed by atoms with Crippen molar-refractivity contribution in [2.75, 3.05) is 6.61 Å². The fourth-order valence-electron chi connectivity index (χ4n) is 1.44. The van der Waals surface area contributed by atoms with E-state index in [-0.39, 0.29) is 18.8 Å². The number of rotatable bonds is 8. The highest BCUT2D eigenvalue weighted by atomic mass is 16.7. The Labute approximate surface area is 111 Å². The molecular formula is C13H18N2O4. The molecule has 0 aliphatic heterocycles. The van der Waals surface area contributed by atoms with E-state index >= 15 is 0 Å². The zero-order valence-corrected chi connectivity index (χ0v) is 10.8. The summed E-state index contributed by atoms with van der Waals surface area (Å²) in [6, 6.07) is 7.42. The van der Waals surface area contributed by atoms with Gasteiger partial charge in [-0.05, 0) is 31.0 Å². The van der Waals surface area contributed by atoms with Crippen molar-refractivity contribution < 1.29 is 19.2 Å². The lowest BCUT2D eigenvalue weighted by atomic mass is 10.1.